The van der Waals surface area contributed by atoms with E-state index in [4.69, 9.17) is 33.3 Å². The molecular weight excluding hydrogens is 601 g/mol. The molecule has 1 heterocycles. The van der Waals surface area contributed by atoms with Crippen molar-refractivity contribution in [3.8, 4) is 11.5 Å². The van der Waals surface area contributed by atoms with E-state index < -0.39 is 0 Å². The average molecular weight is 622 g/mol. The van der Waals surface area contributed by atoms with Crippen molar-refractivity contribution in [3.63, 3.8) is 0 Å². The molecule has 174 valence electrons. The SMILES string of the molecule is CCOc1cc(/C=C2\SC(=S)N(c3cccc(C)c3)C2=O)cc(I)c1OCc1ccc(Cl)cc1. The molecule has 0 spiro atoms. The van der Waals surface area contributed by atoms with Crippen molar-refractivity contribution >= 4 is 80.2 Å². The third-order valence-electron chi connectivity index (χ3n) is 4.98. The quantitative estimate of drug-likeness (QED) is 0.154. The van der Waals surface area contributed by atoms with Gasteiger partial charge in [-0.05, 0) is 95.6 Å². The topological polar surface area (TPSA) is 38.8 Å². The maximum absolute atomic E-state index is 13.2. The summed E-state index contributed by atoms with van der Waals surface area (Å²) in [6.45, 7) is 4.80. The Morgan fingerprint density at radius 2 is 1.88 bits per heavy atom. The summed E-state index contributed by atoms with van der Waals surface area (Å²) < 4.78 is 13.4. The zero-order chi connectivity index (χ0) is 24.2. The average Bonchev–Trinajstić information content (AvgIpc) is 3.07. The number of ether oxygens (including phenoxy) is 2. The first-order valence-corrected chi connectivity index (χ1v) is 13.2. The van der Waals surface area contributed by atoms with E-state index >= 15 is 0 Å². The minimum atomic E-state index is -0.128. The number of hydrogen-bond acceptors (Lipinski definition) is 5. The number of benzene rings is 3. The largest absolute Gasteiger partial charge is 0.490 e. The minimum Gasteiger partial charge on any atom is -0.490 e. The van der Waals surface area contributed by atoms with E-state index in [2.05, 4.69) is 22.6 Å². The van der Waals surface area contributed by atoms with Crippen molar-refractivity contribution in [1.29, 1.82) is 0 Å². The van der Waals surface area contributed by atoms with Gasteiger partial charge in [0.2, 0.25) is 0 Å². The molecule has 3 aromatic carbocycles. The summed E-state index contributed by atoms with van der Waals surface area (Å²) in [7, 11) is 0. The number of thiocarbonyl (C=S) groups is 1. The van der Waals surface area contributed by atoms with Gasteiger partial charge < -0.3 is 9.47 Å². The number of aryl methyl sites for hydroxylation is 1. The van der Waals surface area contributed by atoms with Crippen molar-refractivity contribution in [2.24, 2.45) is 0 Å². The second kappa shape index (κ2) is 11.1. The zero-order valence-corrected chi connectivity index (χ0v) is 23.1. The summed E-state index contributed by atoms with van der Waals surface area (Å²) >= 11 is 15.0. The summed E-state index contributed by atoms with van der Waals surface area (Å²) in [6, 6.07) is 19.2. The molecule has 1 amide bonds. The van der Waals surface area contributed by atoms with Crippen LogP contribution >= 0.6 is 58.2 Å². The van der Waals surface area contributed by atoms with Crippen molar-refractivity contribution in [2.75, 3.05) is 11.5 Å². The van der Waals surface area contributed by atoms with E-state index in [1.807, 2.05) is 80.6 Å². The van der Waals surface area contributed by atoms with E-state index in [9.17, 15) is 4.79 Å². The first kappa shape index (κ1) is 25.0. The standard InChI is InChI=1S/C26H21ClINO3S2/c1-3-31-22-13-18(12-21(28)24(22)32-15-17-7-9-19(27)10-8-17)14-23-25(30)29(26(33)34-23)20-6-4-5-16(2)11-20/h4-14H,3,15H2,1-2H3/b23-14-. The van der Waals surface area contributed by atoms with E-state index in [0.29, 0.717) is 39.0 Å². The smallest absolute Gasteiger partial charge is 0.270 e. The van der Waals surface area contributed by atoms with Crippen LogP contribution in [0.15, 0.2) is 65.6 Å². The van der Waals surface area contributed by atoms with Crippen LogP contribution < -0.4 is 14.4 Å². The van der Waals surface area contributed by atoms with Crippen LogP contribution in [0.1, 0.15) is 23.6 Å². The fourth-order valence-electron chi connectivity index (χ4n) is 3.42. The molecule has 8 heteroatoms. The van der Waals surface area contributed by atoms with Gasteiger partial charge in [-0.15, -0.1) is 0 Å². The van der Waals surface area contributed by atoms with Crippen molar-refractivity contribution in [1.82, 2.24) is 0 Å². The Bertz CT molecular complexity index is 1280. The van der Waals surface area contributed by atoms with Crippen LogP contribution in [0.2, 0.25) is 5.02 Å². The molecule has 3 aromatic rings. The maximum atomic E-state index is 13.2. The third kappa shape index (κ3) is 5.76. The van der Waals surface area contributed by atoms with Crippen LogP contribution in [0.25, 0.3) is 6.08 Å². The number of nitrogens with zero attached hydrogens (tertiary/aromatic N) is 1. The molecule has 0 aliphatic carbocycles. The second-order valence-corrected chi connectivity index (χ2v) is 10.8. The van der Waals surface area contributed by atoms with Gasteiger partial charge >= 0.3 is 0 Å². The fourth-order valence-corrected chi connectivity index (χ4v) is 5.63. The predicted octanol–water partition coefficient (Wildman–Crippen LogP) is 7.64. The third-order valence-corrected chi connectivity index (χ3v) is 7.33. The number of carbonyl (C=O) groups excluding carboxylic acids is 1. The van der Waals surface area contributed by atoms with Crippen LogP contribution in [0.4, 0.5) is 5.69 Å². The van der Waals surface area contributed by atoms with Crippen molar-refractivity contribution in [3.05, 3.63) is 90.9 Å². The van der Waals surface area contributed by atoms with Crippen molar-refractivity contribution < 1.29 is 14.3 Å². The first-order valence-electron chi connectivity index (χ1n) is 10.5. The summed E-state index contributed by atoms with van der Waals surface area (Å²) in [5.74, 6) is 1.17. The first-order chi connectivity index (χ1) is 16.4. The molecule has 0 bridgehead atoms. The number of halogens is 2. The van der Waals surface area contributed by atoms with E-state index in [-0.39, 0.29) is 5.91 Å². The van der Waals surface area contributed by atoms with Crippen LogP contribution in [0.5, 0.6) is 11.5 Å². The Morgan fingerprint density at radius 1 is 1.12 bits per heavy atom. The van der Waals surface area contributed by atoms with Gasteiger partial charge in [-0.3, -0.25) is 9.69 Å². The molecule has 1 fully saturated rings. The second-order valence-electron chi connectivity index (χ2n) is 7.53. The van der Waals surface area contributed by atoms with E-state index in [0.717, 1.165) is 25.9 Å². The molecule has 0 saturated carbocycles. The molecule has 1 aliphatic heterocycles. The summed E-state index contributed by atoms with van der Waals surface area (Å²) in [5.41, 5.74) is 3.70. The Hall–Kier alpha value is -2.07. The van der Waals surface area contributed by atoms with Gasteiger partial charge in [-0.2, -0.15) is 0 Å². The van der Waals surface area contributed by atoms with Gasteiger partial charge in [0, 0.05) is 5.02 Å². The molecule has 4 nitrogen and oxygen atoms in total. The lowest BCUT2D eigenvalue weighted by molar-refractivity contribution is -0.113. The van der Waals surface area contributed by atoms with Crippen LogP contribution in [-0.2, 0) is 11.4 Å². The molecule has 0 N–H and O–H groups in total. The summed E-state index contributed by atoms with van der Waals surface area (Å²) in [4.78, 5) is 15.3. The molecule has 4 rings (SSSR count). The number of rotatable bonds is 7. The van der Waals surface area contributed by atoms with Gasteiger partial charge in [-0.1, -0.05) is 59.8 Å². The molecule has 0 radical (unpaired) electrons. The zero-order valence-electron chi connectivity index (χ0n) is 18.5. The van der Waals surface area contributed by atoms with Crippen LogP contribution in [0.3, 0.4) is 0 Å². The van der Waals surface area contributed by atoms with Gasteiger partial charge in [0.1, 0.15) is 6.61 Å². The monoisotopic (exact) mass is 621 g/mol. The fraction of sp³-hybridized carbons (Fsp3) is 0.154. The molecule has 0 aromatic heterocycles. The normalized spacial score (nSPS) is 14.7. The highest BCUT2D eigenvalue weighted by Crippen LogP contribution is 2.39. The van der Waals surface area contributed by atoms with Gasteiger partial charge in [0.25, 0.3) is 5.91 Å². The Morgan fingerprint density at radius 3 is 2.59 bits per heavy atom. The number of hydrogen-bond donors (Lipinski definition) is 0. The Kier molecular flexibility index (Phi) is 8.18. The van der Waals surface area contributed by atoms with Gasteiger partial charge in [0.15, 0.2) is 15.8 Å². The summed E-state index contributed by atoms with van der Waals surface area (Å²) in [6.07, 6.45) is 1.85. The highest BCUT2D eigenvalue weighted by Gasteiger charge is 2.33. The predicted molar refractivity (Wildman–Crippen MR) is 153 cm³/mol. The van der Waals surface area contributed by atoms with Gasteiger partial charge in [0.05, 0.1) is 20.8 Å². The lowest BCUT2D eigenvalue weighted by atomic mass is 10.1. The van der Waals surface area contributed by atoms with E-state index in [1.54, 1.807) is 4.90 Å². The van der Waals surface area contributed by atoms with Gasteiger partial charge in [-0.25, -0.2) is 0 Å². The highest BCUT2D eigenvalue weighted by atomic mass is 127. The number of thioether (sulfide) groups is 1. The lowest BCUT2D eigenvalue weighted by Crippen LogP contribution is -2.27. The van der Waals surface area contributed by atoms with Crippen molar-refractivity contribution in [2.45, 2.75) is 20.5 Å². The van der Waals surface area contributed by atoms with E-state index in [1.165, 1.54) is 11.8 Å². The Labute approximate surface area is 227 Å². The molecule has 34 heavy (non-hydrogen) atoms. The molecule has 0 unspecified atom stereocenters. The minimum absolute atomic E-state index is 0.128. The number of anilines is 1. The number of amides is 1. The lowest BCUT2D eigenvalue weighted by Gasteiger charge is -2.15. The molecular formula is C26H21ClINO3S2. The Balaban J connectivity index is 1.60. The number of carbonyl (C=O) groups is 1. The van der Waals surface area contributed by atoms with Crippen LogP contribution in [-0.4, -0.2) is 16.8 Å². The van der Waals surface area contributed by atoms with Crippen LogP contribution in [0, 0.1) is 10.5 Å². The molecule has 1 aliphatic rings. The molecule has 1 saturated heterocycles. The highest BCUT2D eigenvalue weighted by molar-refractivity contribution is 14.1. The summed E-state index contributed by atoms with van der Waals surface area (Å²) in [5, 5.41) is 0.686. The maximum Gasteiger partial charge on any atom is 0.270 e. The molecule has 0 atom stereocenters.